The van der Waals surface area contributed by atoms with Gasteiger partial charge >= 0.3 is 0 Å². The van der Waals surface area contributed by atoms with Gasteiger partial charge in [0.05, 0.1) is 18.8 Å². The molecule has 0 aromatic heterocycles. The fourth-order valence-electron chi connectivity index (χ4n) is 2.38. The molecule has 2 aromatic carbocycles. The predicted molar refractivity (Wildman–Crippen MR) is 91.6 cm³/mol. The summed E-state index contributed by atoms with van der Waals surface area (Å²) in [4.78, 5) is 11.4. The number of ether oxygens (including phenoxy) is 2. The van der Waals surface area contributed by atoms with Crippen LogP contribution in [0, 0.1) is 0 Å². The van der Waals surface area contributed by atoms with Gasteiger partial charge in [0.2, 0.25) is 0 Å². The summed E-state index contributed by atoms with van der Waals surface area (Å²) in [7, 11) is 1.64. The molecule has 5 heteroatoms. The van der Waals surface area contributed by atoms with Crippen molar-refractivity contribution in [2.45, 2.75) is 18.9 Å². The minimum absolute atomic E-state index is 0.0214. The second-order valence-corrected chi connectivity index (χ2v) is 6.08. The summed E-state index contributed by atoms with van der Waals surface area (Å²) in [5, 5.41) is 1.90. The summed E-state index contributed by atoms with van der Waals surface area (Å²) in [6, 6.07) is 9.64. The van der Waals surface area contributed by atoms with E-state index in [0.717, 1.165) is 34.4 Å². The number of carbonyl (C=O) groups excluding carboxylic acids is 1. The maximum atomic E-state index is 11.4. The molecule has 4 nitrogen and oxygen atoms in total. The van der Waals surface area contributed by atoms with Gasteiger partial charge in [-0.25, -0.2) is 0 Å². The molecule has 0 bridgehead atoms. The molecule has 2 aromatic rings. The first kappa shape index (κ1) is 16.9. The van der Waals surface area contributed by atoms with Gasteiger partial charge in [0.15, 0.2) is 6.29 Å². The van der Waals surface area contributed by atoms with Crippen molar-refractivity contribution in [2.24, 2.45) is 5.73 Å². The highest BCUT2D eigenvalue weighted by Crippen LogP contribution is 2.29. The molecule has 0 radical (unpaired) electrons. The van der Waals surface area contributed by atoms with E-state index in [4.69, 9.17) is 15.2 Å². The Labute approximate surface area is 138 Å². The molecule has 0 aliphatic heterocycles. The molecule has 0 saturated carbocycles. The highest BCUT2D eigenvalue weighted by atomic mass is 79.9. The molecule has 0 aliphatic carbocycles. The first-order chi connectivity index (χ1) is 10.7. The quantitative estimate of drug-likeness (QED) is 0.573. The number of hydrogen-bond donors (Lipinski definition) is 1. The summed E-state index contributed by atoms with van der Waals surface area (Å²) >= 11 is 3.43. The maximum absolute atomic E-state index is 11.4. The molecule has 2 rings (SSSR count). The summed E-state index contributed by atoms with van der Waals surface area (Å²) in [6.45, 7) is 1.07. The number of rotatable bonds is 8. The topological polar surface area (TPSA) is 61.6 Å². The van der Waals surface area contributed by atoms with E-state index >= 15 is 0 Å². The molecule has 0 spiro atoms. The number of benzene rings is 2. The number of nitrogens with two attached hydrogens (primary N) is 1. The Morgan fingerprint density at radius 3 is 2.86 bits per heavy atom. The number of fused-ring (bicyclic) bond motifs is 1. The molecule has 0 saturated heterocycles. The van der Waals surface area contributed by atoms with E-state index in [9.17, 15) is 4.79 Å². The molecule has 0 amide bonds. The number of methoxy groups -OCH3 is 1. The third kappa shape index (κ3) is 4.29. The van der Waals surface area contributed by atoms with E-state index < -0.39 is 0 Å². The number of aldehydes is 1. The molecule has 22 heavy (non-hydrogen) atoms. The van der Waals surface area contributed by atoms with Gasteiger partial charge < -0.3 is 15.2 Å². The second-order valence-electron chi connectivity index (χ2n) is 5.17. The van der Waals surface area contributed by atoms with Crippen LogP contribution in [0.15, 0.2) is 34.8 Å². The van der Waals surface area contributed by atoms with Crippen LogP contribution in [0.1, 0.15) is 23.2 Å². The zero-order chi connectivity index (χ0) is 15.9. The minimum atomic E-state index is 0.0214. The molecule has 1 atom stereocenters. The fourth-order valence-corrected chi connectivity index (χ4v) is 2.76. The average molecular weight is 366 g/mol. The zero-order valence-electron chi connectivity index (χ0n) is 12.5. The molecule has 2 N–H and O–H groups in total. The Kier molecular flexibility index (Phi) is 6.36. The minimum Gasteiger partial charge on any atom is -0.493 e. The highest BCUT2D eigenvalue weighted by molar-refractivity contribution is 9.10. The third-order valence-corrected chi connectivity index (χ3v) is 3.95. The summed E-state index contributed by atoms with van der Waals surface area (Å²) in [5.74, 6) is 0.616. The largest absolute Gasteiger partial charge is 0.493 e. The molecular formula is C17H20BrNO3. The Balaban J connectivity index is 2.05. The van der Waals surface area contributed by atoms with Gasteiger partial charge in [-0.2, -0.15) is 0 Å². The Morgan fingerprint density at radius 1 is 1.32 bits per heavy atom. The van der Waals surface area contributed by atoms with E-state index in [-0.39, 0.29) is 6.04 Å². The van der Waals surface area contributed by atoms with Gasteiger partial charge in [-0.3, -0.25) is 4.79 Å². The van der Waals surface area contributed by atoms with Gasteiger partial charge in [0.1, 0.15) is 5.75 Å². The van der Waals surface area contributed by atoms with Crippen molar-refractivity contribution in [3.05, 3.63) is 40.4 Å². The lowest BCUT2D eigenvalue weighted by atomic mass is 10.0. The van der Waals surface area contributed by atoms with E-state index in [1.54, 1.807) is 7.11 Å². The number of halogens is 1. The summed E-state index contributed by atoms with van der Waals surface area (Å²) in [5.41, 5.74) is 6.46. The molecule has 118 valence electrons. The smallest absolute Gasteiger partial charge is 0.154 e. The molecule has 0 heterocycles. The van der Waals surface area contributed by atoms with E-state index in [1.807, 2.05) is 30.3 Å². The standard InChI is InChI=1S/C17H20BrNO3/c1-21-11-14(19)3-2-8-22-17-7-4-12-9-13(18)5-6-15(12)16(17)10-20/h4-7,9-10,14H,2-3,8,11,19H2,1H3/t14-/m1/s1. The number of hydrogen-bond acceptors (Lipinski definition) is 4. The average Bonchev–Trinajstić information content (AvgIpc) is 2.51. The van der Waals surface area contributed by atoms with Crippen molar-refractivity contribution >= 4 is 33.0 Å². The first-order valence-corrected chi connectivity index (χ1v) is 7.99. The van der Waals surface area contributed by atoms with Gasteiger partial charge in [0.25, 0.3) is 0 Å². The monoisotopic (exact) mass is 365 g/mol. The van der Waals surface area contributed by atoms with Crippen molar-refractivity contribution in [3.63, 3.8) is 0 Å². The van der Waals surface area contributed by atoms with Crippen LogP contribution in [0.2, 0.25) is 0 Å². The number of carbonyl (C=O) groups is 1. The molecular weight excluding hydrogens is 346 g/mol. The van der Waals surface area contributed by atoms with Crippen LogP contribution in [-0.4, -0.2) is 32.7 Å². The lowest BCUT2D eigenvalue weighted by Gasteiger charge is -2.13. The summed E-state index contributed by atoms with van der Waals surface area (Å²) in [6.07, 6.45) is 2.49. The normalized spacial score (nSPS) is 12.3. The first-order valence-electron chi connectivity index (χ1n) is 7.20. The third-order valence-electron chi connectivity index (χ3n) is 3.46. The zero-order valence-corrected chi connectivity index (χ0v) is 14.1. The van der Waals surface area contributed by atoms with Crippen LogP contribution in [0.3, 0.4) is 0 Å². The van der Waals surface area contributed by atoms with Crippen LogP contribution in [0.5, 0.6) is 5.75 Å². The molecule has 0 unspecified atom stereocenters. The van der Waals surface area contributed by atoms with Crippen molar-refractivity contribution in [3.8, 4) is 5.75 Å². The lowest BCUT2D eigenvalue weighted by molar-refractivity contribution is 0.112. The Morgan fingerprint density at radius 2 is 2.14 bits per heavy atom. The van der Waals surface area contributed by atoms with E-state index in [0.29, 0.717) is 24.5 Å². The predicted octanol–water partition coefficient (Wildman–Crippen LogP) is 3.55. The van der Waals surface area contributed by atoms with Gasteiger partial charge in [-0.05, 0) is 41.8 Å². The van der Waals surface area contributed by atoms with Gasteiger partial charge in [-0.1, -0.05) is 28.1 Å². The maximum Gasteiger partial charge on any atom is 0.154 e. The van der Waals surface area contributed by atoms with Crippen molar-refractivity contribution in [2.75, 3.05) is 20.3 Å². The highest BCUT2D eigenvalue weighted by Gasteiger charge is 2.09. The van der Waals surface area contributed by atoms with E-state index in [1.165, 1.54) is 0 Å². The van der Waals surface area contributed by atoms with Gasteiger partial charge in [0, 0.05) is 17.6 Å². The van der Waals surface area contributed by atoms with Crippen LogP contribution in [0.25, 0.3) is 10.8 Å². The summed E-state index contributed by atoms with van der Waals surface area (Å²) < 4.78 is 11.7. The van der Waals surface area contributed by atoms with Crippen LogP contribution in [0.4, 0.5) is 0 Å². The Bertz CT molecular complexity index is 645. The van der Waals surface area contributed by atoms with Crippen LogP contribution in [-0.2, 0) is 4.74 Å². The van der Waals surface area contributed by atoms with Crippen molar-refractivity contribution < 1.29 is 14.3 Å². The fraction of sp³-hybridized carbons (Fsp3) is 0.353. The van der Waals surface area contributed by atoms with Gasteiger partial charge in [-0.15, -0.1) is 0 Å². The van der Waals surface area contributed by atoms with Crippen LogP contribution >= 0.6 is 15.9 Å². The van der Waals surface area contributed by atoms with Crippen molar-refractivity contribution in [1.29, 1.82) is 0 Å². The van der Waals surface area contributed by atoms with Crippen LogP contribution < -0.4 is 10.5 Å². The Hall–Kier alpha value is -1.43. The lowest BCUT2D eigenvalue weighted by Crippen LogP contribution is -2.25. The SMILES string of the molecule is COC[C@H](N)CCCOc1ccc2cc(Br)ccc2c1C=O. The van der Waals surface area contributed by atoms with E-state index in [2.05, 4.69) is 15.9 Å². The molecule has 0 aliphatic rings. The second kappa shape index (κ2) is 8.27. The van der Waals surface area contributed by atoms with Crippen molar-refractivity contribution in [1.82, 2.24) is 0 Å². The molecule has 0 fully saturated rings.